The number of amides is 1. The van der Waals surface area contributed by atoms with Crippen molar-refractivity contribution in [3.63, 3.8) is 0 Å². The summed E-state index contributed by atoms with van der Waals surface area (Å²) in [5, 5.41) is 0. The second kappa shape index (κ2) is 8.19. The van der Waals surface area contributed by atoms with Crippen molar-refractivity contribution in [3.8, 4) is 0 Å². The Balaban J connectivity index is 2.08. The summed E-state index contributed by atoms with van der Waals surface area (Å²) in [4.78, 5) is 12.7. The minimum absolute atomic E-state index is 0.129. The Morgan fingerprint density at radius 1 is 1.21 bits per heavy atom. The number of alkyl halides is 3. The van der Waals surface area contributed by atoms with Gasteiger partial charge in [0.2, 0.25) is 10.0 Å². The molecule has 0 spiro atoms. The van der Waals surface area contributed by atoms with Crippen molar-refractivity contribution in [1.29, 1.82) is 0 Å². The van der Waals surface area contributed by atoms with Gasteiger partial charge in [0, 0.05) is 23.6 Å². The van der Waals surface area contributed by atoms with E-state index in [1.165, 1.54) is 11.0 Å². The van der Waals surface area contributed by atoms with Crippen molar-refractivity contribution < 1.29 is 31.1 Å². The van der Waals surface area contributed by atoms with Crippen molar-refractivity contribution in [1.82, 2.24) is 9.62 Å². The minimum Gasteiger partial charge on any atom is -0.444 e. The van der Waals surface area contributed by atoms with Gasteiger partial charge in [-0.15, -0.1) is 0 Å². The van der Waals surface area contributed by atoms with Crippen LogP contribution in [0.3, 0.4) is 0 Å². The zero-order chi connectivity index (χ0) is 21.3. The number of carbonyl (C=O) groups excluding carboxylic acids is 1. The predicted molar refractivity (Wildman–Crippen MR) is 100 cm³/mol. The van der Waals surface area contributed by atoms with E-state index < -0.39 is 44.4 Å². The molecule has 1 aromatic carbocycles. The predicted octanol–water partition coefficient (Wildman–Crippen LogP) is 4.15. The van der Waals surface area contributed by atoms with Crippen LogP contribution < -0.4 is 4.72 Å². The fourth-order valence-electron chi connectivity index (χ4n) is 2.75. The molecular weight excluding hydrogens is 465 g/mol. The molecule has 0 unspecified atom stereocenters. The SMILES string of the molecule is CC(C)(C)OC(=O)N1CCC(NS(=O)(=O)c2ccc(Br)cc2C(F)(F)F)CC1. The highest BCUT2D eigenvalue weighted by Gasteiger charge is 2.38. The molecule has 0 bridgehead atoms. The summed E-state index contributed by atoms with van der Waals surface area (Å²) in [5.74, 6) is 0. The van der Waals surface area contributed by atoms with E-state index in [0.717, 1.165) is 12.1 Å². The Bertz CT molecular complexity index is 830. The van der Waals surface area contributed by atoms with Crippen LogP contribution in [0.5, 0.6) is 0 Å². The maximum Gasteiger partial charge on any atom is 0.417 e. The number of rotatable bonds is 3. The molecule has 6 nitrogen and oxygen atoms in total. The van der Waals surface area contributed by atoms with Crippen molar-refractivity contribution in [2.75, 3.05) is 13.1 Å². The molecule has 1 aliphatic heterocycles. The molecule has 158 valence electrons. The van der Waals surface area contributed by atoms with Crippen LogP contribution in [0.15, 0.2) is 27.6 Å². The fourth-order valence-corrected chi connectivity index (χ4v) is 4.62. The smallest absolute Gasteiger partial charge is 0.417 e. The van der Waals surface area contributed by atoms with Crippen molar-refractivity contribution in [3.05, 3.63) is 28.2 Å². The van der Waals surface area contributed by atoms with E-state index in [9.17, 15) is 26.4 Å². The van der Waals surface area contributed by atoms with E-state index in [1.807, 2.05) is 0 Å². The number of hydrogen-bond acceptors (Lipinski definition) is 4. The number of piperidine rings is 1. The summed E-state index contributed by atoms with van der Waals surface area (Å²) in [6, 6.07) is 2.33. The van der Waals surface area contributed by atoms with Gasteiger partial charge in [-0.1, -0.05) is 15.9 Å². The molecule has 11 heteroatoms. The molecule has 1 fully saturated rings. The first-order valence-corrected chi connectivity index (χ1v) is 10.8. The summed E-state index contributed by atoms with van der Waals surface area (Å²) in [6.45, 7) is 5.70. The fraction of sp³-hybridized carbons (Fsp3) is 0.588. The molecule has 1 amide bonds. The van der Waals surface area contributed by atoms with E-state index >= 15 is 0 Å². The summed E-state index contributed by atoms with van der Waals surface area (Å²) in [7, 11) is -4.38. The van der Waals surface area contributed by atoms with E-state index in [4.69, 9.17) is 4.74 Å². The molecule has 2 rings (SSSR count). The van der Waals surface area contributed by atoms with E-state index in [0.29, 0.717) is 0 Å². The number of nitrogens with zero attached hydrogens (tertiary/aromatic N) is 1. The lowest BCUT2D eigenvalue weighted by molar-refractivity contribution is -0.139. The van der Waals surface area contributed by atoms with Crippen LogP contribution in [0.1, 0.15) is 39.2 Å². The lowest BCUT2D eigenvalue weighted by Gasteiger charge is -2.33. The number of carbonyl (C=O) groups is 1. The second-order valence-electron chi connectivity index (χ2n) is 7.50. The largest absolute Gasteiger partial charge is 0.444 e. The molecule has 1 N–H and O–H groups in total. The van der Waals surface area contributed by atoms with Crippen LogP contribution in [-0.2, 0) is 20.9 Å². The number of benzene rings is 1. The van der Waals surface area contributed by atoms with Gasteiger partial charge in [-0.3, -0.25) is 0 Å². The zero-order valence-corrected chi connectivity index (χ0v) is 18.0. The lowest BCUT2D eigenvalue weighted by Crippen LogP contribution is -2.47. The normalized spacial score (nSPS) is 16.9. The molecule has 1 aliphatic rings. The first kappa shape index (κ1) is 23.0. The van der Waals surface area contributed by atoms with Gasteiger partial charge in [0.1, 0.15) is 5.60 Å². The highest BCUT2D eigenvalue weighted by molar-refractivity contribution is 9.10. The van der Waals surface area contributed by atoms with Gasteiger partial charge in [-0.25, -0.2) is 17.9 Å². The average Bonchev–Trinajstić information content (AvgIpc) is 2.52. The van der Waals surface area contributed by atoms with Gasteiger partial charge < -0.3 is 9.64 Å². The topological polar surface area (TPSA) is 75.7 Å². The van der Waals surface area contributed by atoms with Crippen LogP contribution >= 0.6 is 15.9 Å². The van der Waals surface area contributed by atoms with Crippen LogP contribution in [0.2, 0.25) is 0 Å². The number of halogens is 4. The molecular formula is C17H22BrF3N2O4S. The summed E-state index contributed by atoms with van der Waals surface area (Å²) < 4.78 is 72.6. The van der Waals surface area contributed by atoms with Gasteiger partial charge in [0.25, 0.3) is 0 Å². The van der Waals surface area contributed by atoms with E-state index in [-0.39, 0.29) is 30.4 Å². The number of sulfonamides is 1. The molecule has 1 saturated heterocycles. The maximum absolute atomic E-state index is 13.2. The summed E-state index contributed by atoms with van der Waals surface area (Å²) >= 11 is 2.93. The molecule has 1 heterocycles. The Hall–Kier alpha value is -1.33. The average molecular weight is 487 g/mol. The molecule has 0 radical (unpaired) electrons. The molecule has 0 aliphatic carbocycles. The van der Waals surface area contributed by atoms with Crippen molar-refractivity contribution in [2.24, 2.45) is 0 Å². The maximum atomic E-state index is 13.2. The minimum atomic E-state index is -4.81. The Kier molecular flexibility index (Phi) is 6.72. The van der Waals surface area contributed by atoms with Crippen molar-refractivity contribution in [2.45, 2.75) is 56.3 Å². The van der Waals surface area contributed by atoms with Gasteiger partial charge >= 0.3 is 12.3 Å². The van der Waals surface area contributed by atoms with Gasteiger partial charge in [-0.2, -0.15) is 13.2 Å². The third-order valence-electron chi connectivity index (χ3n) is 4.00. The zero-order valence-electron chi connectivity index (χ0n) is 15.6. The Morgan fingerprint density at radius 2 is 1.79 bits per heavy atom. The third-order valence-corrected chi connectivity index (χ3v) is 6.08. The van der Waals surface area contributed by atoms with Gasteiger partial charge in [-0.05, 0) is 51.8 Å². The number of ether oxygens (including phenoxy) is 1. The number of nitrogens with one attached hydrogen (secondary N) is 1. The monoisotopic (exact) mass is 486 g/mol. The van der Waals surface area contributed by atoms with Gasteiger partial charge in [0.05, 0.1) is 10.5 Å². The molecule has 0 atom stereocenters. The second-order valence-corrected chi connectivity index (χ2v) is 10.1. The van der Waals surface area contributed by atoms with E-state index in [2.05, 4.69) is 20.7 Å². The highest BCUT2D eigenvalue weighted by atomic mass is 79.9. The molecule has 1 aromatic rings. The first-order chi connectivity index (χ1) is 12.7. The van der Waals surface area contributed by atoms with Crippen LogP contribution in [0, 0.1) is 0 Å². The molecule has 28 heavy (non-hydrogen) atoms. The molecule has 0 aromatic heterocycles. The highest BCUT2D eigenvalue weighted by Crippen LogP contribution is 2.36. The lowest BCUT2D eigenvalue weighted by atomic mass is 10.1. The summed E-state index contributed by atoms with van der Waals surface area (Å²) in [5.41, 5.74) is -1.88. The van der Waals surface area contributed by atoms with E-state index in [1.54, 1.807) is 20.8 Å². The summed E-state index contributed by atoms with van der Waals surface area (Å²) in [6.07, 6.45) is -4.76. The quantitative estimate of drug-likeness (QED) is 0.696. The van der Waals surface area contributed by atoms with Gasteiger partial charge in [0.15, 0.2) is 0 Å². The molecule has 0 saturated carbocycles. The Labute approximate surface area is 170 Å². The van der Waals surface area contributed by atoms with Crippen LogP contribution in [0.25, 0.3) is 0 Å². The Morgan fingerprint density at radius 3 is 2.29 bits per heavy atom. The number of hydrogen-bond donors (Lipinski definition) is 1. The standard InChI is InChI=1S/C17H22BrF3N2O4S/c1-16(2,3)27-15(24)23-8-6-12(7-9-23)22-28(25,26)14-5-4-11(18)10-13(14)17(19,20)21/h4-5,10,12,22H,6-9H2,1-3H3. The first-order valence-electron chi connectivity index (χ1n) is 8.56. The van der Waals surface area contributed by atoms with Crippen molar-refractivity contribution >= 4 is 32.0 Å². The third kappa shape index (κ3) is 6.08. The van der Waals surface area contributed by atoms with Crippen LogP contribution in [0.4, 0.5) is 18.0 Å². The van der Waals surface area contributed by atoms with Crippen LogP contribution in [-0.4, -0.2) is 44.1 Å². The number of likely N-dealkylation sites (tertiary alicyclic amines) is 1.